The molecule has 31 heavy (non-hydrogen) atoms. The van der Waals surface area contributed by atoms with Gasteiger partial charge in [0, 0.05) is 36.9 Å². The topological polar surface area (TPSA) is 60.9 Å². The van der Waals surface area contributed by atoms with Crippen LogP contribution in [0.25, 0.3) is 0 Å². The lowest BCUT2D eigenvalue weighted by Crippen LogP contribution is -2.56. The van der Waals surface area contributed by atoms with Crippen LogP contribution in [0.15, 0.2) is 42.5 Å². The fraction of sp³-hybridized carbons (Fsp3) is 0.435. The van der Waals surface area contributed by atoms with E-state index in [-0.39, 0.29) is 5.91 Å². The number of piperazine rings is 1. The predicted octanol–water partition coefficient (Wildman–Crippen LogP) is 3.85. The first kappa shape index (κ1) is 23.4. The van der Waals surface area contributed by atoms with Gasteiger partial charge in [-0.2, -0.15) is 0 Å². The molecular formula is C23H30ClN3O3S. The Labute approximate surface area is 190 Å². The molecule has 0 bridgehead atoms. The van der Waals surface area contributed by atoms with Crippen molar-refractivity contribution < 1.29 is 13.2 Å². The molecule has 1 heterocycles. The summed E-state index contributed by atoms with van der Waals surface area (Å²) in [5.41, 5.74) is 4.09. The number of halogens is 1. The van der Waals surface area contributed by atoms with E-state index in [2.05, 4.69) is 36.9 Å². The Morgan fingerprint density at radius 3 is 2.32 bits per heavy atom. The maximum absolute atomic E-state index is 13.4. The maximum atomic E-state index is 13.4. The van der Waals surface area contributed by atoms with Crippen LogP contribution >= 0.6 is 11.6 Å². The van der Waals surface area contributed by atoms with Crippen LogP contribution in [-0.2, 0) is 14.8 Å². The van der Waals surface area contributed by atoms with Gasteiger partial charge in [-0.15, -0.1) is 0 Å². The van der Waals surface area contributed by atoms with Crippen molar-refractivity contribution in [3.63, 3.8) is 0 Å². The van der Waals surface area contributed by atoms with Gasteiger partial charge in [-0.25, -0.2) is 8.42 Å². The number of amides is 1. The summed E-state index contributed by atoms with van der Waals surface area (Å²) in [6, 6.07) is 12.1. The largest absolute Gasteiger partial charge is 0.368 e. The number of hydrogen-bond acceptors (Lipinski definition) is 4. The van der Waals surface area contributed by atoms with Crippen molar-refractivity contribution in [2.45, 2.75) is 33.2 Å². The summed E-state index contributed by atoms with van der Waals surface area (Å²) in [4.78, 5) is 17.5. The first-order valence-electron chi connectivity index (χ1n) is 10.5. The molecule has 2 aromatic rings. The van der Waals surface area contributed by atoms with Crippen LogP contribution in [0, 0.1) is 13.8 Å². The lowest BCUT2D eigenvalue weighted by atomic mass is 10.1. The monoisotopic (exact) mass is 463 g/mol. The molecule has 1 amide bonds. The SMILES string of the molecule is CCC(C(=O)N1CCN(c2cccc(C)c2C)CC1)N(c1cccc(Cl)c1)S(C)(=O)=O. The summed E-state index contributed by atoms with van der Waals surface area (Å²) in [5, 5.41) is 0.426. The van der Waals surface area contributed by atoms with Gasteiger partial charge in [0.1, 0.15) is 6.04 Å². The first-order chi connectivity index (χ1) is 14.6. The average Bonchev–Trinajstić information content (AvgIpc) is 2.72. The summed E-state index contributed by atoms with van der Waals surface area (Å²) < 4.78 is 26.5. The number of rotatable bonds is 6. The summed E-state index contributed by atoms with van der Waals surface area (Å²) in [7, 11) is -3.68. The van der Waals surface area contributed by atoms with Crippen LogP contribution in [0.3, 0.4) is 0 Å². The molecule has 1 unspecified atom stereocenters. The standard InChI is InChI=1S/C23H30ClN3O3S/c1-5-21(27(31(4,29)30)20-10-7-9-19(24)16-20)23(28)26-14-12-25(13-15-26)22-11-6-8-17(2)18(22)3/h6-11,16,21H,5,12-15H2,1-4H3. The number of carbonyl (C=O) groups excluding carboxylic acids is 1. The second-order valence-electron chi connectivity index (χ2n) is 7.99. The van der Waals surface area contributed by atoms with Crippen LogP contribution in [0.4, 0.5) is 11.4 Å². The molecule has 0 radical (unpaired) electrons. The second kappa shape index (κ2) is 9.49. The Morgan fingerprint density at radius 2 is 1.74 bits per heavy atom. The Kier molecular flexibility index (Phi) is 7.17. The molecule has 2 aromatic carbocycles. The van der Waals surface area contributed by atoms with Crippen molar-refractivity contribution >= 4 is 38.9 Å². The van der Waals surface area contributed by atoms with E-state index in [0.29, 0.717) is 43.3 Å². The van der Waals surface area contributed by atoms with Gasteiger partial charge in [-0.3, -0.25) is 9.10 Å². The number of carbonyl (C=O) groups is 1. The highest BCUT2D eigenvalue weighted by molar-refractivity contribution is 7.92. The van der Waals surface area contributed by atoms with Crippen molar-refractivity contribution in [3.8, 4) is 0 Å². The Hall–Kier alpha value is -2.25. The van der Waals surface area contributed by atoms with Crippen LogP contribution in [0.2, 0.25) is 5.02 Å². The molecule has 8 heteroatoms. The van der Waals surface area contributed by atoms with E-state index in [1.807, 2.05) is 6.92 Å². The number of sulfonamides is 1. The van der Waals surface area contributed by atoms with Gasteiger partial charge in [0.2, 0.25) is 15.9 Å². The van der Waals surface area contributed by atoms with E-state index in [0.717, 1.165) is 6.26 Å². The van der Waals surface area contributed by atoms with E-state index in [9.17, 15) is 13.2 Å². The molecule has 0 aromatic heterocycles. The third-order valence-corrected chi connectivity index (χ3v) is 7.30. The molecule has 6 nitrogen and oxygen atoms in total. The quantitative estimate of drug-likeness (QED) is 0.652. The Balaban J connectivity index is 1.79. The smallest absolute Gasteiger partial charge is 0.246 e. The zero-order valence-corrected chi connectivity index (χ0v) is 20.1. The molecule has 1 fully saturated rings. The van der Waals surface area contributed by atoms with Gasteiger partial charge in [0.25, 0.3) is 0 Å². The van der Waals surface area contributed by atoms with Crippen LogP contribution in [-0.4, -0.2) is 57.7 Å². The highest BCUT2D eigenvalue weighted by Crippen LogP contribution is 2.28. The number of hydrogen-bond donors (Lipinski definition) is 0. The molecule has 0 spiro atoms. The minimum atomic E-state index is -3.68. The van der Waals surface area contributed by atoms with E-state index < -0.39 is 16.1 Å². The minimum Gasteiger partial charge on any atom is -0.368 e. The number of nitrogens with zero attached hydrogens (tertiary/aromatic N) is 3. The van der Waals surface area contributed by atoms with E-state index >= 15 is 0 Å². The van der Waals surface area contributed by atoms with Crippen LogP contribution in [0.5, 0.6) is 0 Å². The normalized spacial score (nSPS) is 15.6. The van der Waals surface area contributed by atoms with Gasteiger partial charge in [0.05, 0.1) is 11.9 Å². The molecule has 1 saturated heterocycles. The van der Waals surface area contributed by atoms with Crippen LogP contribution < -0.4 is 9.21 Å². The lowest BCUT2D eigenvalue weighted by Gasteiger charge is -2.40. The summed E-state index contributed by atoms with van der Waals surface area (Å²) in [6.07, 6.45) is 1.50. The minimum absolute atomic E-state index is 0.173. The van der Waals surface area contributed by atoms with E-state index in [1.54, 1.807) is 29.2 Å². The zero-order valence-electron chi connectivity index (χ0n) is 18.5. The highest BCUT2D eigenvalue weighted by Gasteiger charge is 2.35. The molecule has 1 aliphatic rings. The van der Waals surface area contributed by atoms with Gasteiger partial charge >= 0.3 is 0 Å². The van der Waals surface area contributed by atoms with Crippen LogP contribution in [0.1, 0.15) is 24.5 Å². The van der Waals surface area contributed by atoms with Crippen molar-refractivity contribution in [1.29, 1.82) is 0 Å². The Bertz CT molecular complexity index is 1050. The zero-order chi connectivity index (χ0) is 22.8. The summed E-state index contributed by atoms with van der Waals surface area (Å²) in [5.74, 6) is -0.173. The van der Waals surface area contributed by atoms with Gasteiger partial charge in [0.15, 0.2) is 0 Å². The van der Waals surface area contributed by atoms with Gasteiger partial charge < -0.3 is 9.80 Å². The number of aryl methyl sites for hydroxylation is 1. The average molecular weight is 464 g/mol. The molecule has 0 aliphatic carbocycles. The van der Waals surface area contributed by atoms with Gasteiger partial charge in [-0.05, 0) is 55.7 Å². The fourth-order valence-corrected chi connectivity index (χ4v) is 5.50. The second-order valence-corrected chi connectivity index (χ2v) is 10.3. The summed E-state index contributed by atoms with van der Waals surface area (Å²) in [6.45, 7) is 8.57. The molecule has 0 N–H and O–H groups in total. The summed E-state index contributed by atoms with van der Waals surface area (Å²) >= 11 is 6.09. The molecule has 3 rings (SSSR count). The molecule has 1 atom stereocenters. The molecule has 1 aliphatic heterocycles. The maximum Gasteiger partial charge on any atom is 0.246 e. The fourth-order valence-electron chi connectivity index (χ4n) is 4.11. The first-order valence-corrected chi connectivity index (χ1v) is 12.7. The van der Waals surface area contributed by atoms with E-state index in [1.165, 1.54) is 21.1 Å². The number of benzene rings is 2. The van der Waals surface area contributed by atoms with Crippen molar-refractivity contribution in [1.82, 2.24) is 4.90 Å². The molecule has 168 valence electrons. The Morgan fingerprint density at radius 1 is 1.10 bits per heavy atom. The van der Waals surface area contributed by atoms with E-state index in [4.69, 9.17) is 11.6 Å². The third kappa shape index (κ3) is 5.15. The van der Waals surface area contributed by atoms with Gasteiger partial charge in [-0.1, -0.05) is 36.7 Å². The van der Waals surface area contributed by atoms with Crippen molar-refractivity contribution in [2.24, 2.45) is 0 Å². The molecular weight excluding hydrogens is 434 g/mol. The highest BCUT2D eigenvalue weighted by atomic mass is 35.5. The predicted molar refractivity (Wildman–Crippen MR) is 128 cm³/mol. The molecule has 0 saturated carbocycles. The van der Waals surface area contributed by atoms with Crippen molar-refractivity contribution in [2.75, 3.05) is 41.6 Å². The third-order valence-electron chi connectivity index (χ3n) is 5.88. The number of anilines is 2. The van der Waals surface area contributed by atoms with Crippen molar-refractivity contribution in [3.05, 3.63) is 58.6 Å². The lowest BCUT2D eigenvalue weighted by molar-refractivity contribution is -0.132.